The number of oxazole rings is 1. The number of benzene rings is 2. The van der Waals surface area contributed by atoms with Crippen molar-refractivity contribution in [2.24, 2.45) is 0 Å². The Morgan fingerprint density at radius 1 is 1.16 bits per heavy atom. The Morgan fingerprint density at radius 2 is 2.00 bits per heavy atom. The van der Waals surface area contributed by atoms with E-state index in [0.717, 1.165) is 27.8 Å². The zero-order valence-electron chi connectivity index (χ0n) is 28.3. The smallest absolute Gasteiger partial charge is 0.271 e. The maximum Gasteiger partial charge on any atom is 0.271 e. The van der Waals surface area contributed by atoms with Crippen LogP contribution < -0.4 is 20.7 Å². The highest BCUT2D eigenvalue weighted by atomic mass is 35.5. The molecule has 7 rings (SSSR count). The van der Waals surface area contributed by atoms with Crippen molar-refractivity contribution in [3.05, 3.63) is 106 Å². The average Bonchev–Trinajstić information content (AvgIpc) is 3.56. The van der Waals surface area contributed by atoms with Crippen LogP contribution in [0.4, 0.5) is 0 Å². The Labute approximate surface area is 300 Å². The van der Waals surface area contributed by atoms with Gasteiger partial charge in [0, 0.05) is 43.6 Å². The van der Waals surface area contributed by atoms with Gasteiger partial charge < -0.3 is 39.7 Å². The highest BCUT2D eigenvalue weighted by Crippen LogP contribution is 2.43. The van der Waals surface area contributed by atoms with Gasteiger partial charge in [-0.1, -0.05) is 36.4 Å². The molecule has 0 bridgehead atoms. The van der Waals surface area contributed by atoms with Gasteiger partial charge in [-0.05, 0) is 53.8 Å². The minimum atomic E-state index is -1.49. The topological polar surface area (TPSA) is 164 Å². The number of fused-ring (bicyclic) bond motifs is 1. The van der Waals surface area contributed by atoms with E-state index in [9.17, 15) is 15.2 Å². The first kappa shape index (κ1) is 34.8. The summed E-state index contributed by atoms with van der Waals surface area (Å²) >= 11 is 7.43. The number of rotatable bonds is 11. The van der Waals surface area contributed by atoms with Crippen molar-refractivity contribution in [3.63, 3.8) is 0 Å². The number of allylic oxidation sites excluding steroid dienone is 2. The number of amides is 1. The summed E-state index contributed by atoms with van der Waals surface area (Å²) in [6, 6.07) is 15.4. The summed E-state index contributed by atoms with van der Waals surface area (Å²) in [7, 11) is 1.55. The number of nitrogens with zero attached hydrogens (tertiary/aromatic N) is 3. The lowest BCUT2D eigenvalue weighted by atomic mass is 9.81. The Hall–Kier alpha value is -4.61. The van der Waals surface area contributed by atoms with E-state index in [1.807, 2.05) is 49.4 Å². The second-order valence-corrected chi connectivity index (χ2v) is 13.5. The second kappa shape index (κ2) is 14.9. The predicted molar refractivity (Wildman–Crippen MR) is 190 cm³/mol. The Kier molecular flexibility index (Phi) is 10.2. The lowest BCUT2D eigenvalue weighted by Gasteiger charge is -2.36. The molecule has 4 N–H and O–H groups in total. The molecule has 2 fully saturated rings. The molecule has 0 spiro atoms. The summed E-state index contributed by atoms with van der Waals surface area (Å²) < 4.78 is 22.6. The zero-order chi connectivity index (χ0) is 35.5. The minimum Gasteiger partial charge on any atom is -0.496 e. The molecule has 4 heterocycles. The van der Waals surface area contributed by atoms with Crippen LogP contribution in [0.15, 0.2) is 71.3 Å². The van der Waals surface area contributed by atoms with Gasteiger partial charge in [0.2, 0.25) is 5.89 Å². The summed E-state index contributed by atoms with van der Waals surface area (Å²) in [6.45, 7) is 5.02. The number of aryl methyl sites for hydroxylation is 1. The van der Waals surface area contributed by atoms with Crippen molar-refractivity contribution in [2.75, 3.05) is 33.5 Å². The molecule has 3 aliphatic rings. The monoisotopic (exact) mass is 710 g/mol. The van der Waals surface area contributed by atoms with Gasteiger partial charge in [0.25, 0.3) is 5.91 Å². The van der Waals surface area contributed by atoms with Crippen LogP contribution >= 0.6 is 11.6 Å². The maximum absolute atomic E-state index is 14.2. The summed E-state index contributed by atoms with van der Waals surface area (Å²) in [5.74, 6) is 0.0939. The molecule has 4 aromatic rings. The van der Waals surface area contributed by atoms with Crippen LogP contribution in [0.2, 0.25) is 0 Å². The number of hydrogen-bond donors (Lipinski definition) is 4. The van der Waals surface area contributed by atoms with Gasteiger partial charge in [-0.15, -0.1) is 11.6 Å². The molecule has 0 radical (unpaired) electrons. The van der Waals surface area contributed by atoms with Gasteiger partial charge in [-0.3, -0.25) is 9.78 Å². The third-order valence-electron chi connectivity index (χ3n) is 9.62. The van der Waals surface area contributed by atoms with E-state index >= 15 is 0 Å². The van der Waals surface area contributed by atoms with Crippen LogP contribution in [0, 0.1) is 18.3 Å². The van der Waals surface area contributed by atoms with Crippen LogP contribution in [0.3, 0.4) is 0 Å². The van der Waals surface area contributed by atoms with E-state index < -0.39 is 22.9 Å². The number of nitriles is 1. The van der Waals surface area contributed by atoms with E-state index in [2.05, 4.69) is 27.0 Å². The molecule has 2 aromatic carbocycles. The van der Waals surface area contributed by atoms with Crippen molar-refractivity contribution >= 4 is 34.2 Å². The highest BCUT2D eigenvalue weighted by molar-refractivity contribution is 6.28. The number of ether oxygens (including phenoxy) is 3. The van der Waals surface area contributed by atoms with E-state index in [0.29, 0.717) is 50.6 Å². The first-order valence-electron chi connectivity index (χ1n) is 16.9. The van der Waals surface area contributed by atoms with Crippen molar-refractivity contribution in [1.29, 1.82) is 5.26 Å². The van der Waals surface area contributed by atoms with Crippen molar-refractivity contribution in [3.8, 4) is 11.8 Å². The average molecular weight is 711 g/mol. The number of aliphatic hydroxyl groups is 1. The molecule has 51 heavy (non-hydrogen) atoms. The molecule has 0 saturated carbocycles. The number of aromatic nitrogens is 2. The Morgan fingerprint density at radius 3 is 2.75 bits per heavy atom. The number of methoxy groups -OCH3 is 1. The number of alkyl halides is 1. The van der Waals surface area contributed by atoms with Gasteiger partial charge in [-0.25, -0.2) is 4.98 Å². The fraction of sp³-hybridized carbons (Fsp3) is 0.368. The van der Waals surface area contributed by atoms with E-state index in [-0.39, 0.29) is 41.4 Å². The maximum atomic E-state index is 14.2. The number of aliphatic hydroxyl groups excluding tert-OH is 1. The highest BCUT2D eigenvalue weighted by Gasteiger charge is 2.47. The van der Waals surface area contributed by atoms with Gasteiger partial charge in [0.1, 0.15) is 23.0 Å². The molecule has 12 nitrogen and oxygen atoms in total. The van der Waals surface area contributed by atoms with Crippen LogP contribution in [0.5, 0.6) is 5.75 Å². The zero-order valence-corrected chi connectivity index (χ0v) is 29.1. The lowest BCUT2D eigenvalue weighted by molar-refractivity contribution is -0.0280. The molecule has 1 amide bonds. The largest absolute Gasteiger partial charge is 0.496 e. The third-order valence-corrected chi connectivity index (χ3v) is 10.2. The fourth-order valence-corrected chi connectivity index (χ4v) is 7.02. The summed E-state index contributed by atoms with van der Waals surface area (Å²) in [6.07, 6.45) is 7.15. The van der Waals surface area contributed by atoms with Crippen LogP contribution in [-0.4, -0.2) is 78.1 Å². The summed E-state index contributed by atoms with van der Waals surface area (Å²) in [5.41, 5.74) is 3.87. The molecular formula is C38H39ClN6O6. The van der Waals surface area contributed by atoms with E-state index in [4.69, 9.17) is 35.2 Å². The Bertz CT molecular complexity index is 2040. The number of nitrogens with one attached hydrogen (secondary N) is 3. The van der Waals surface area contributed by atoms with Crippen LogP contribution in [0.1, 0.15) is 50.6 Å². The van der Waals surface area contributed by atoms with Gasteiger partial charge in [0.05, 0.1) is 50.0 Å². The SMILES string of the molecule is COc1cc(C(=O)NC2(c3nc4cc(CN[C@@H]5CCOC[C@H]5O)cc(C#N)c4o3)C=CC=C(c3ccccc3C)C2Cl)ncc1CNC1COC1. The van der Waals surface area contributed by atoms with Gasteiger partial charge in [0.15, 0.2) is 11.1 Å². The molecule has 13 heteroatoms. The van der Waals surface area contributed by atoms with E-state index in [1.54, 1.807) is 31.5 Å². The molecule has 2 aromatic heterocycles. The standard InChI is InChI=1S/C38H39ClN6O6/c1-22-6-3-4-7-27(22)28-8-5-10-38(35(28)39,45-36(47)31-14-33(48-2)25(18-43-31)17-41-26-19-50-20-26)37-44-30-13-23(12-24(15-40)34(30)51-37)16-42-29-9-11-49-21-32(29)46/h3-8,10,12-14,18,26,29,32,35,41-42,46H,9,11,16-17,19-21H2,1-2H3,(H,45,47)/t29-,32-,35?,38?/m1/s1. The molecule has 2 aliphatic heterocycles. The van der Waals surface area contributed by atoms with Crippen LogP contribution in [-0.2, 0) is 28.1 Å². The molecular weight excluding hydrogens is 672 g/mol. The molecule has 264 valence electrons. The van der Waals surface area contributed by atoms with Gasteiger partial charge >= 0.3 is 0 Å². The van der Waals surface area contributed by atoms with Crippen LogP contribution in [0.25, 0.3) is 16.7 Å². The first-order valence-corrected chi connectivity index (χ1v) is 17.3. The Balaban J connectivity index is 1.25. The quantitative estimate of drug-likeness (QED) is 0.166. The molecule has 1 aliphatic carbocycles. The molecule has 2 unspecified atom stereocenters. The molecule has 4 atom stereocenters. The third kappa shape index (κ3) is 7.01. The number of halogens is 1. The lowest BCUT2D eigenvalue weighted by Crippen LogP contribution is -2.52. The number of pyridine rings is 1. The van der Waals surface area contributed by atoms with Gasteiger partial charge in [-0.2, -0.15) is 5.26 Å². The van der Waals surface area contributed by atoms with Crippen molar-refractivity contribution in [2.45, 2.75) is 55.5 Å². The fourth-order valence-electron chi connectivity index (χ4n) is 6.61. The van der Waals surface area contributed by atoms with Crippen molar-refractivity contribution < 1.29 is 28.5 Å². The predicted octanol–water partition coefficient (Wildman–Crippen LogP) is 4.03. The van der Waals surface area contributed by atoms with E-state index in [1.165, 1.54) is 0 Å². The summed E-state index contributed by atoms with van der Waals surface area (Å²) in [5, 5.41) is 29.5. The van der Waals surface area contributed by atoms with Crippen molar-refractivity contribution in [1.82, 2.24) is 25.9 Å². The number of hydrogen-bond acceptors (Lipinski definition) is 11. The number of carbonyl (C=O) groups excluding carboxylic acids is 1. The minimum absolute atomic E-state index is 0.109. The first-order chi connectivity index (χ1) is 24.8. The normalized spacial score (nSPS) is 23.4. The summed E-state index contributed by atoms with van der Waals surface area (Å²) in [4.78, 5) is 23.5. The second-order valence-electron chi connectivity index (χ2n) is 13.0. The molecule has 2 saturated heterocycles. The number of carbonyl (C=O) groups is 1.